The van der Waals surface area contributed by atoms with Crippen LogP contribution < -0.4 is 0 Å². The first-order chi connectivity index (χ1) is 14.3. The molecule has 0 aliphatic carbocycles. The van der Waals surface area contributed by atoms with Crippen molar-refractivity contribution in [3.05, 3.63) is 24.0 Å². The van der Waals surface area contributed by atoms with Crippen molar-refractivity contribution in [2.24, 2.45) is 0 Å². The van der Waals surface area contributed by atoms with Crippen molar-refractivity contribution >= 4 is 23.7 Å². The highest BCUT2D eigenvalue weighted by molar-refractivity contribution is 6.20. The van der Waals surface area contributed by atoms with Crippen molar-refractivity contribution in [1.82, 2.24) is 4.57 Å². The largest absolute Gasteiger partial charge is 0.511 e. The van der Waals surface area contributed by atoms with Gasteiger partial charge in [-0.25, -0.2) is 9.59 Å². The molecule has 0 aliphatic heterocycles. The van der Waals surface area contributed by atoms with Crippen LogP contribution in [0.25, 0.3) is 0 Å². The highest BCUT2D eigenvalue weighted by Crippen LogP contribution is 2.17. The summed E-state index contributed by atoms with van der Waals surface area (Å²) in [6, 6.07) is 3.47. The predicted octanol–water partition coefficient (Wildman–Crippen LogP) is 6.69. The summed E-state index contributed by atoms with van der Waals surface area (Å²) in [4.78, 5) is 23.9. The molecule has 0 radical (unpaired) electrons. The number of aryl methyl sites for hydroxylation is 1. The molecule has 1 aromatic rings. The molecule has 0 saturated heterocycles. The van der Waals surface area contributed by atoms with Crippen molar-refractivity contribution in [2.75, 3.05) is 0 Å². The van der Waals surface area contributed by atoms with Crippen molar-refractivity contribution in [3.8, 4) is 0 Å². The lowest BCUT2D eigenvalue weighted by molar-refractivity contribution is -0.0870. The zero-order chi connectivity index (χ0) is 22.4. The highest BCUT2D eigenvalue weighted by atomic mass is 35.5. The van der Waals surface area contributed by atoms with Gasteiger partial charge in [0.25, 0.3) is 0 Å². The minimum atomic E-state index is -1.04. The summed E-state index contributed by atoms with van der Waals surface area (Å²) in [6.07, 6.45) is 10.3. The number of alkyl halides is 1. The third-order valence-corrected chi connectivity index (χ3v) is 5.15. The summed E-state index contributed by atoms with van der Waals surface area (Å²) in [7, 11) is 0. The van der Waals surface area contributed by atoms with Crippen LogP contribution in [0.4, 0.5) is 4.79 Å². The van der Waals surface area contributed by atoms with Crippen LogP contribution >= 0.6 is 11.6 Å². The van der Waals surface area contributed by atoms with E-state index >= 15 is 0 Å². The quantitative estimate of drug-likeness (QED) is 0.131. The molecule has 0 saturated carbocycles. The summed E-state index contributed by atoms with van der Waals surface area (Å²) in [6.45, 7) is 7.76. The van der Waals surface area contributed by atoms with E-state index in [1.165, 1.54) is 45.4 Å². The van der Waals surface area contributed by atoms with Crippen LogP contribution in [0, 0.1) is 0 Å². The van der Waals surface area contributed by atoms with Gasteiger partial charge in [0.2, 0.25) is 6.29 Å². The van der Waals surface area contributed by atoms with Crippen LogP contribution in [0.2, 0.25) is 0 Å². The summed E-state index contributed by atoms with van der Waals surface area (Å²) < 4.78 is 16.8. The second kappa shape index (κ2) is 15.2. The maximum absolute atomic E-state index is 12.4. The molecule has 0 bridgehead atoms. The standard InChI is InChI=1S/C23H38ClNO5/c1-5-6-7-8-9-10-11-13-20(24)15-17-25-16-12-14-21(25)22(26)29-19(4)30-23(27)28-18(2)3/h12,14,16,18-20H,5-11,13,15,17H2,1-4H3. The minimum absolute atomic E-state index is 0.0833. The van der Waals surface area contributed by atoms with E-state index in [4.69, 9.17) is 25.8 Å². The predicted molar refractivity (Wildman–Crippen MR) is 119 cm³/mol. The Morgan fingerprint density at radius 3 is 2.30 bits per heavy atom. The molecule has 0 fully saturated rings. The number of unbranched alkanes of at least 4 members (excludes halogenated alkanes) is 6. The Bertz CT molecular complexity index is 616. The van der Waals surface area contributed by atoms with E-state index in [-0.39, 0.29) is 11.5 Å². The van der Waals surface area contributed by atoms with Crippen LogP contribution in [0.15, 0.2) is 18.3 Å². The van der Waals surface area contributed by atoms with Gasteiger partial charge in [-0.2, -0.15) is 0 Å². The van der Waals surface area contributed by atoms with E-state index < -0.39 is 18.4 Å². The Kier molecular flexibility index (Phi) is 13.3. The Balaban J connectivity index is 2.33. The fourth-order valence-corrected chi connectivity index (χ4v) is 3.38. The van der Waals surface area contributed by atoms with Gasteiger partial charge in [0.1, 0.15) is 5.69 Å². The number of rotatable bonds is 15. The molecule has 1 aromatic heterocycles. The number of aromatic nitrogens is 1. The number of hydrogen-bond acceptors (Lipinski definition) is 5. The van der Waals surface area contributed by atoms with Gasteiger partial charge in [0, 0.05) is 25.0 Å². The number of carbonyl (C=O) groups is 2. The molecule has 30 heavy (non-hydrogen) atoms. The van der Waals surface area contributed by atoms with Crippen LogP contribution in [-0.4, -0.2) is 34.5 Å². The molecule has 2 atom stereocenters. The zero-order valence-corrected chi connectivity index (χ0v) is 19.7. The van der Waals surface area contributed by atoms with Crippen molar-refractivity contribution < 1.29 is 23.8 Å². The second-order valence-corrected chi connectivity index (χ2v) is 8.51. The van der Waals surface area contributed by atoms with E-state index in [0.717, 1.165) is 19.3 Å². The van der Waals surface area contributed by atoms with Gasteiger partial charge in [0.15, 0.2) is 0 Å². The topological polar surface area (TPSA) is 66.8 Å². The van der Waals surface area contributed by atoms with Gasteiger partial charge in [0.05, 0.1) is 6.10 Å². The molecular formula is C23H38ClNO5. The van der Waals surface area contributed by atoms with Crippen LogP contribution in [-0.2, 0) is 20.8 Å². The summed E-state index contributed by atoms with van der Waals surface area (Å²) in [5.74, 6) is -0.553. The fourth-order valence-electron chi connectivity index (χ4n) is 3.13. The first kappa shape index (κ1) is 26.3. The monoisotopic (exact) mass is 443 g/mol. The van der Waals surface area contributed by atoms with Crippen molar-refractivity contribution in [2.45, 2.75) is 110 Å². The minimum Gasteiger partial charge on any atom is -0.431 e. The van der Waals surface area contributed by atoms with Crippen LogP contribution in [0.5, 0.6) is 0 Å². The van der Waals surface area contributed by atoms with E-state index in [9.17, 15) is 9.59 Å². The first-order valence-corrected chi connectivity index (χ1v) is 11.6. The van der Waals surface area contributed by atoms with Gasteiger partial charge in [-0.3, -0.25) is 0 Å². The summed E-state index contributed by atoms with van der Waals surface area (Å²) in [5, 5.41) is 0.0833. The molecule has 6 nitrogen and oxygen atoms in total. The van der Waals surface area contributed by atoms with Gasteiger partial charge in [-0.1, -0.05) is 51.9 Å². The Morgan fingerprint density at radius 2 is 1.63 bits per heavy atom. The Morgan fingerprint density at radius 1 is 0.967 bits per heavy atom. The number of ether oxygens (including phenoxy) is 3. The van der Waals surface area contributed by atoms with Gasteiger partial charge in [-0.15, -0.1) is 11.6 Å². The maximum atomic E-state index is 12.4. The normalized spacial score (nSPS) is 13.1. The molecule has 0 aliphatic rings. The lowest BCUT2D eigenvalue weighted by Crippen LogP contribution is -2.25. The third-order valence-electron chi connectivity index (χ3n) is 4.71. The number of carbonyl (C=O) groups excluding carboxylic acids is 2. The summed E-state index contributed by atoms with van der Waals surface area (Å²) in [5.41, 5.74) is 0.405. The number of esters is 1. The molecule has 0 spiro atoms. The molecule has 0 N–H and O–H groups in total. The first-order valence-electron chi connectivity index (χ1n) is 11.2. The van der Waals surface area contributed by atoms with Crippen molar-refractivity contribution in [1.29, 1.82) is 0 Å². The zero-order valence-electron chi connectivity index (χ0n) is 18.9. The molecule has 0 amide bonds. The van der Waals surface area contributed by atoms with E-state index in [1.54, 1.807) is 26.0 Å². The number of nitrogens with zero attached hydrogens (tertiary/aromatic N) is 1. The molecule has 1 heterocycles. The smallest absolute Gasteiger partial charge is 0.431 e. The molecular weight excluding hydrogens is 406 g/mol. The van der Waals surface area contributed by atoms with Crippen LogP contribution in [0.3, 0.4) is 0 Å². The SMILES string of the molecule is CCCCCCCCCC(Cl)CCn1cccc1C(=O)OC(C)OC(=O)OC(C)C. The molecule has 2 unspecified atom stereocenters. The van der Waals surface area contributed by atoms with Crippen molar-refractivity contribution in [3.63, 3.8) is 0 Å². The van der Waals surface area contributed by atoms with E-state index in [0.29, 0.717) is 12.2 Å². The molecule has 7 heteroatoms. The highest BCUT2D eigenvalue weighted by Gasteiger charge is 2.20. The van der Waals surface area contributed by atoms with Crippen LogP contribution in [0.1, 0.15) is 96.0 Å². The molecule has 0 aromatic carbocycles. The average molecular weight is 444 g/mol. The Hall–Kier alpha value is -1.69. The maximum Gasteiger partial charge on any atom is 0.511 e. The molecule has 1 rings (SSSR count). The van der Waals surface area contributed by atoms with E-state index in [1.807, 2.05) is 10.8 Å². The number of hydrogen-bond donors (Lipinski definition) is 0. The second-order valence-electron chi connectivity index (χ2n) is 7.89. The fraction of sp³-hybridized carbons (Fsp3) is 0.739. The van der Waals surface area contributed by atoms with Gasteiger partial charge in [-0.05, 0) is 38.8 Å². The average Bonchev–Trinajstić information content (AvgIpc) is 3.13. The number of halogens is 1. The lowest BCUT2D eigenvalue weighted by Gasteiger charge is -2.16. The third kappa shape index (κ3) is 11.5. The molecule has 172 valence electrons. The van der Waals surface area contributed by atoms with Gasteiger partial charge < -0.3 is 18.8 Å². The summed E-state index contributed by atoms with van der Waals surface area (Å²) >= 11 is 6.47. The van der Waals surface area contributed by atoms with Gasteiger partial charge >= 0.3 is 12.1 Å². The van der Waals surface area contributed by atoms with E-state index in [2.05, 4.69) is 6.92 Å². The Labute approximate surface area is 186 Å². The lowest BCUT2D eigenvalue weighted by atomic mass is 10.1.